The number of pyridine rings is 1. The zero-order valence-corrected chi connectivity index (χ0v) is 19.9. The molecule has 4 rings (SSSR count). The zero-order chi connectivity index (χ0) is 24.6. The molecular formula is C25H30FN5O3. The Kier molecular flexibility index (Phi) is 6.54. The summed E-state index contributed by atoms with van der Waals surface area (Å²) in [5.74, 6) is -0.312. The Labute approximate surface area is 197 Å². The molecule has 8 nitrogen and oxygen atoms in total. The van der Waals surface area contributed by atoms with Crippen molar-refractivity contribution in [1.29, 1.82) is 0 Å². The highest BCUT2D eigenvalue weighted by Crippen LogP contribution is 2.34. The lowest BCUT2D eigenvalue weighted by Crippen LogP contribution is -2.33. The molecule has 2 amide bonds. The summed E-state index contributed by atoms with van der Waals surface area (Å²) in [7, 11) is 1.82. The lowest BCUT2D eigenvalue weighted by molar-refractivity contribution is -0.122. The van der Waals surface area contributed by atoms with Crippen molar-refractivity contribution in [2.75, 3.05) is 5.32 Å². The fourth-order valence-electron chi connectivity index (χ4n) is 4.90. The summed E-state index contributed by atoms with van der Waals surface area (Å²) in [6.07, 6.45) is 3.07. The molecule has 1 aliphatic rings. The predicted molar refractivity (Wildman–Crippen MR) is 128 cm³/mol. The lowest BCUT2D eigenvalue weighted by atomic mass is 9.86. The topological polar surface area (TPSA) is 112 Å². The second-order valence-corrected chi connectivity index (χ2v) is 9.31. The van der Waals surface area contributed by atoms with Crippen LogP contribution in [0.3, 0.4) is 0 Å². The smallest absolute Gasteiger partial charge is 0.404 e. The van der Waals surface area contributed by atoms with Gasteiger partial charge in [0.15, 0.2) is 5.82 Å². The highest BCUT2D eigenvalue weighted by molar-refractivity contribution is 5.93. The van der Waals surface area contributed by atoms with Crippen LogP contribution in [0, 0.1) is 18.7 Å². The number of benzene rings is 1. The first kappa shape index (κ1) is 23.7. The maximum atomic E-state index is 15.0. The van der Waals surface area contributed by atoms with E-state index in [1.54, 1.807) is 16.9 Å². The fraction of sp³-hybridized carbons (Fsp3) is 0.440. The summed E-state index contributed by atoms with van der Waals surface area (Å²) >= 11 is 0. The summed E-state index contributed by atoms with van der Waals surface area (Å²) in [5, 5.41) is 8.01. The molecule has 1 fully saturated rings. The number of nitrogens with two attached hydrogens (primary N) is 1. The monoisotopic (exact) mass is 467 g/mol. The third-order valence-corrected chi connectivity index (χ3v) is 6.43. The summed E-state index contributed by atoms with van der Waals surface area (Å²) in [5.41, 5.74) is 8.77. The number of carbonyl (C=O) groups is 2. The van der Waals surface area contributed by atoms with Gasteiger partial charge in [-0.3, -0.25) is 9.48 Å². The third-order valence-electron chi connectivity index (χ3n) is 6.43. The number of anilines is 1. The van der Waals surface area contributed by atoms with E-state index in [9.17, 15) is 14.0 Å². The Balaban J connectivity index is 1.61. The van der Waals surface area contributed by atoms with Crippen molar-refractivity contribution in [3.8, 4) is 11.1 Å². The van der Waals surface area contributed by atoms with E-state index >= 15 is 0 Å². The number of aryl methyl sites for hydroxylation is 2. The number of halogens is 1. The standard InChI is InChI=1S/C25H30FN5O3/c1-13(2)23-19-9-16(10-20(26)22(19)30-31(23)4)18-11-21(28-12-14(18)3)29-24(32)15-6-5-7-17(8-15)34-25(27)33/h9-13,15,17H,5-8H2,1-4H3,(H2,27,33)(H,28,29,32)/t15-,17+/m0/s1. The summed E-state index contributed by atoms with van der Waals surface area (Å²) < 4.78 is 21.8. The Morgan fingerprint density at radius 3 is 2.74 bits per heavy atom. The van der Waals surface area contributed by atoms with Gasteiger partial charge in [-0.25, -0.2) is 14.2 Å². The minimum Gasteiger partial charge on any atom is -0.446 e. The van der Waals surface area contributed by atoms with Crippen LogP contribution in [0.15, 0.2) is 24.4 Å². The van der Waals surface area contributed by atoms with E-state index in [0.717, 1.165) is 28.6 Å². The van der Waals surface area contributed by atoms with Gasteiger partial charge in [0.1, 0.15) is 17.4 Å². The van der Waals surface area contributed by atoms with Gasteiger partial charge in [-0.15, -0.1) is 0 Å². The highest BCUT2D eigenvalue weighted by atomic mass is 19.1. The predicted octanol–water partition coefficient (Wildman–Crippen LogP) is 4.80. The second-order valence-electron chi connectivity index (χ2n) is 9.31. The van der Waals surface area contributed by atoms with Crippen LogP contribution in [-0.4, -0.2) is 32.9 Å². The molecule has 2 heterocycles. The van der Waals surface area contributed by atoms with Crippen LogP contribution in [0.5, 0.6) is 0 Å². The van der Waals surface area contributed by atoms with Gasteiger partial charge in [0, 0.05) is 30.2 Å². The second kappa shape index (κ2) is 9.40. The normalized spacial score (nSPS) is 18.3. The molecule has 2 aromatic heterocycles. The summed E-state index contributed by atoms with van der Waals surface area (Å²) in [6, 6.07) is 5.18. The number of hydrogen-bond donors (Lipinski definition) is 2. The maximum Gasteiger partial charge on any atom is 0.404 e. The Morgan fingerprint density at radius 1 is 1.26 bits per heavy atom. The van der Waals surface area contributed by atoms with Crippen LogP contribution >= 0.6 is 0 Å². The Bertz CT molecular complexity index is 1250. The molecule has 0 spiro atoms. The van der Waals surface area contributed by atoms with Crippen LogP contribution in [-0.2, 0) is 16.6 Å². The number of rotatable bonds is 5. The minimum absolute atomic E-state index is 0.177. The minimum atomic E-state index is -0.825. The molecule has 1 saturated carbocycles. The van der Waals surface area contributed by atoms with Crippen molar-refractivity contribution in [3.63, 3.8) is 0 Å². The number of carbonyl (C=O) groups excluding carboxylic acids is 2. The molecule has 1 aliphatic carbocycles. The molecule has 0 unspecified atom stereocenters. The molecule has 9 heteroatoms. The van der Waals surface area contributed by atoms with Gasteiger partial charge >= 0.3 is 6.09 Å². The van der Waals surface area contributed by atoms with Crippen molar-refractivity contribution in [1.82, 2.24) is 14.8 Å². The van der Waals surface area contributed by atoms with Crippen LogP contribution in [0.25, 0.3) is 22.0 Å². The quantitative estimate of drug-likeness (QED) is 0.560. The van der Waals surface area contributed by atoms with Crippen LogP contribution < -0.4 is 11.1 Å². The molecule has 0 aliphatic heterocycles. The van der Waals surface area contributed by atoms with Crippen molar-refractivity contribution in [3.05, 3.63) is 41.5 Å². The first-order valence-corrected chi connectivity index (χ1v) is 11.5. The van der Waals surface area contributed by atoms with Gasteiger partial charge in [-0.1, -0.05) is 13.8 Å². The average Bonchev–Trinajstić information content (AvgIpc) is 3.11. The number of nitrogens with one attached hydrogen (secondary N) is 1. The molecule has 180 valence electrons. The van der Waals surface area contributed by atoms with E-state index in [4.69, 9.17) is 10.5 Å². The van der Waals surface area contributed by atoms with E-state index in [1.165, 1.54) is 6.07 Å². The molecule has 3 aromatic rings. The number of nitrogens with zero attached hydrogens (tertiary/aromatic N) is 3. The summed E-state index contributed by atoms with van der Waals surface area (Å²) in [6.45, 7) is 6.00. The highest BCUT2D eigenvalue weighted by Gasteiger charge is 2.29. The zero-order valence-electron chi connectivity index (χ0n) is 19.9. The number of amides is 2. The van der Waals surface area contributed by atoms with Crippen LogP contribution in [0.4, 0.5) is 15.0 Å². The largest absolute Gasteiger partial charge is 0.446 e. The SMILES string of the molecule is Cc1cnc(NC(=O)[C@H]2CCC[C@@H](OC(N)=O)C2)cc1-c1cc(F)c2nn(C)c(C(C)C)c2c1. The van der Waals surface area contributed by atoms with Gasteiger partial charge in [0.2, 0.25) is 5.91 Å². The van der Waals surface area contributed by atoms with E-state index < -0.39 is 6.09 Å². The molecule has 1 aromatic carbocycles. The van der Waals surface area contributed by atoms with Gasteiger partial charge in [0.25, 0.3) is 0 Å². The molecule has 3 N–H and O–H groups in total. The number of aromatic nitrogens is 3. The first-order chi connectivity index (χ1) is 16.1. The van der Waals surface area contributed by atoms with E-state index in [1.807, 2.05) is 20.0 Å². The number of primary amides is 1. The van der Waals surface area contributed by atoms with Gasteiger partial charge < -0.3 is 15.8 Å². The van der Waals surface area contributed by atoms with Gasteiger partial charge in [-0.05, 0) is 73.4 Å². The van der Waals surface area contributed by atoms with Gasteiger partial charge in [0.05, 0.1) is 0 Å². The fourth-order valence-corrected chi connectivity index (χ4v) is 4.90. The van der Waals surface area contributed by atoms with E-state index in [-0.39, 0.29) is 29.7 Å². The number of fused-ring (bicyclic) bond motifs is 1. The van der Waals surface area contributed by atoms with E-state index in [0.29, 0.717) is 36.2 Å². The van der Waals surface area contributed by atoms with Crippen LogP contribution in [0.2, 0.25) is 0 Å². The molecule has 0 bridgehead atoms. The Morgan fingerprint density at radius 2 is 2.03 bits per heavy atom. The number of hydrogen-bond acceptors (Lipinski definition) is 5. The van der Waals surface area contributed by atoms with Crippen molar-refractivity contribution in [2.45, 2.75) is 58.5 Å². The van der Waals surface area contributed by atoms with E-state index in [2.05, 4.69) is 29.2 Å². The van der Waals surface area contributed by atoms with Crippen molar-refractivity contribution < 1.29 is 18.7 Å². The first-order valence-electron chi connectivity index (χ1n) is 11.5. The summed E-state index contributed by atoms with van der Waals surface area (Å²) in [4.78, 5) is 28.3. The van der Waals surface area contributed by atoms with Crippen molar-refractivity contribution in [2.24, 2.45) is 18.7 Å². The molecular weight excluding hydrogens is 437 g/mol. The number of ether oxygens (including phenoxy) is 1. The molecule has 2 atom stereocenters. The van der Waals surface area contributed by atoms with Gasteiger partial charge in [-0.2, -0.15) is 5.10 Å². The molecule has 0 radical (unpaired) electrons. The molecule has 34 heavy (non-hydrogen) atoms. The lowest BCUT2D eigenvalue weighted by Gasteiger charge is -2.27. The third kappa shape index (κ3) is 4.73. The average molecular weight is 468 g/mol. The Hall–Kier alpha value is -3.49. The van der Waals surface area contributed by atoms with Crippen LogP contribution in [0.1, 0.15) is 56.7 Å². The van der Waals surface area contributed by atoms with Crippen molar-refractivity contribution >= 4 is 28.7 Å². The molecule has 0 saturated heterocycles. The maximum absolute atomic E-state index is 15.0.